The van der Waals surface area contributed by atoms with Crippen LogP contribution in [0.1, 0.15) is 0 Å². The number of aliphatic hydroxyl groups is 4. The summed E-state index contributed by atoms with van der Waals surface area (Å²) in [7, 11) is 0. The molecule has 13 heavy (non-hydrogen) atoms. The van der Waals surface area contributed by atoms with E-state index in [9.17, 15) is 5.11 Å². The molecule has 0 spiro atoms. The first-order valence-electron chi connectivity index (χ1n) is 4.10. The second-order valence-corrected chi connectivity index (χ2v) is 2.75. The van der Waals surface area contributed by atoms with Gasteiger partial charge in [0.2, 0.25) is 0 Å². The minimum absolute atomic E-state index is 0.143. The Morgan fingerprint density at radius 2 is 1.85 bits per heavy atom. The summed E-state index contributed by atoms with van der Waals surface area (Å²) < 4.78 is 0. The molecule has 0 bridgehead atoms. The van der Waals surface area contributed by atoms with Crippen molar-refractivity contribution >= 4 is 0 Å². The van der Waals surface area contributed by atoms with Gasteiger partial charge < -0.3 is 25.7 Å². The van der Waals surface area contributed by atoms with Crippen molar-refractivity contribution in [2.45, 2.75) is 18.3 Å². The molecule has 0 saturated heterocycles. The fraction of sp³-hybridized carbons (Fsp3) is 0.750. The molecule has 0 fully saturated rings. The summed E-state index contributed by atoms with van der Waals surface area (Å²) in [6.07, 6.45) is -2.12. The zero-order valence-corrected chi connectivity index (χ0v) is 7.43. The van der Waals surface area contributed by atoms with Gasteiger partial charge in [-0.3, -0.25) is 0 Å². The third-order valence-corrected chi connectivity index (χ3v) is 1.62. The SMILES string of the molecule is C=CCNC[C@H](O)[C@@H](O)[C@H](O)CO. The molecule has 3 atom stereocenters. The number of nitrogens with one attached hydrogen (secondary N) is 1. The Morgan fingerprint density at radius 1 is 1.23 bits per heavy atom. The van der Waals surface area contributed by atoms with Gasteiger partial charge >= 0.3 is 0 Å². The van der Waals surface area contributed by atoms with Crippen molar-refractivity contribution in [1.29, 1.82) is 0 Å². The first-order valence-corrected chi connectivity index (χ1v) is 4.10. The largest absolute Gasteiger partial charge is 0.394 e. The Bertz CT molecular complexity index is 142. The highest BCUT2D eigenvalue weighted by molar-refractivity contribution is 4.78. The highest BCUT2D eigenvalue weighted by Crippen LogP contribution is 1.98. The molecule has 0 rings (SSSR count). The quantitative estimate of drug-likeness (QED) is 0.233. The van der Waals surface area contributed by atoms with Gasteiger partial charge in [-0.15, -0.1) is 6.58 Å². The van der Waals surface area contributed by atoms with Gasteiger partial charge in [0.05, 0.1) is 12.7 Å². The lowest BCUT2D eigenvalue weighted by molar-refractivity contribution is -0.0747. The summed E-state index contributed by atoms with van der Waals surface area (Å²) in [6, 6.07) is 0. The van der Waals surface area contributed by atoms with Crippen molar-refractivity contribution in [3.8, 4) is 0 Å². The maximum Gasteiger partial charge on any atom is 0.109 e. The van der Waals surface area contributed by atoms with Gasteiger partial charge in [0.25, 0.3) is 0 Å². The van der Waals surface area contributed by atoms with E-state index in [-0.39, 0.29) is 6.54 Å². The van der Waals surface area contributed by atoms with Crippen LogP contribution in [0.3, 0.4) is 0 Å². The van der Waals surface area contributed by atoms with Gasteiger partial charge in [-0.05, 0) is 0 Å². The van der Waals surface area contributed by atoms with Crippen LogP contribution in [0.25, 0.3) is 0 Å². The number of aliphatic hydroxyl groups excluding tert-OH is 4. The lowest BCUT2D eigenvalue weighted by Gasteiger charge is -2.21. The van der Waals surface area contributed by atoms with Gasteiger partial charge in [0, 0.05) is 13.1 Å². The maximum absolute atomic E-state index is 9.23. The van der Waals surface area contributed by atoms with Gasteiger partial charge in [0.15, 0.2) is 0 Å². The highest BCUT2D eigenvalue weighted by Gasteiger charge is 2.23. The molecule has 0 aromatic heterocycles. The van der Waals surface area contributed by atoms with Crippen LogP contribution in [0.15, 0.2) is 12.7 Å². The highest BCUT2D eigenvalue weighted by atomic mass is 16.4. The predicted molar refractivity (Wildman–Crippen MR) is 48.2 cm³/mol. The minimum atomic E-state index is -1.33. The van der Waals surface area contributed by atoms with Gasteiger partial charge in [0.1, 0.15) is 12.2 Å². The molecule has 0 unspecified atom stereocenters. The fourth-order valence-electron chi connectivity index (χ4n) is 0.818. The number of rotatable bonds is 7. The smallest absolute Gasteiger partial charge is 0.109 e. The van der Waals surface area contributed by atoms with Crippen LogP contribution in [0.4, 0.5) is 0 Å². The van der Waals surface area contributed by atoms with Gasteiger partial charge in [-0.2, -0.15) is 0 Å². The van der Waals surface area contributed by atoms with Crippen LogP contribution in [0, 0.1) is 0 Å². The van der Waals surface area contributed by atoms with Crippen LogP contribution >= 0.6 is 0 Å². The fourth-order valence-corrected chi connectivity index (χ4v) is 0.818. The molecule has 0 aliphatic carbocycles. The summed E-state index contributed by atoms with van der Waals surface area (Å²) in [5.74, 6) is 0. The molecule has 5 N–H and O–H groups in total. The Hall–Kier alpha value is -0.460. The van der Waals surface area contributed by atoms with E-state index >= 15 is 0 Å². The Balaban J connectivity index is 3.67. The van der Waals surface area contributed by atoms with E-state index in [1.165, 1.54) is 0 Å². The molecule has 78 valence electrons. The molecule has 0 aromatic rings. The molecule has 0 heterocycles. The first kappa shape index (κ1) is 12.5. The molecule has 0 aliphatic rings. The van der Waals surface area contributed by atoms with E-state index in [0.717, 1.165) is 0 Å². The Kier molecular flexibility index (Phi) is 6.75. The normalized spacial score (nSPS) is 17.8. The molecule has 0 aliphatic heterocycles. The molecular weight excluding hydrogens is 174 g/mol. The van der Waals surface area contributed by atoms with Crippen LogP contribution in [-0.4, -0.2) is 58.4 Å². The van der Waals surface area contributed by atoms with Crippen molar-refractivity contribution < 1.29 is 20.4 Å². The van der Waals surface area contributed by atoms with Gasteiger partial charge in [-0.25, -0.2) is 0 Å². The molecule has 0 aromatic carbocycles. The molecule has 0 radical (unpaired) electrons. The minimum Gasteiger partial charge on any atom is -0.394 e. The van der Waals surface area contributed by atoms with Crippen molar-refractivity contribution in [3.63, 3.8) is 0 Å². The summed E-state index contributed by atoms with van der Waals surface area (Å²) in [4.78, 5) is 0. The first-order chi connectivity index (χ1) is 6.13. The maximum atomic E-state index is 9.23. The van der Waals surface area contributed by atoms with E-state index in [1.54, 1.807) is 6.08 Å². The lowest BCUT2D eigenvalue weighted by Crippen LogP contribution is -2.44. The van der Waals surface area contributed by atoms with E-state index in [2.05, 4.69) is 11.9 Å². The third kappa shape index (κ3) is 4.97. The second-order valence-electron chi connectivity index (χ2n) is 2.75. The Morgan fingerprint density at radius 3 is 2.31 bits per heavy atom. The van der Waals surface area contributed by atoms with Crippen LogP contribution in [0.2, 0.25) is 0 Å². The summed E-state index contributed by atoms with van der Waals surface area (Å²) in [5.41, 5.74) is 0. The second kappa shape index (κ2) is 6.99. The summed E-state index contributed by atoms with van der Waals surface area (Å²) >= 11 is 0. The molecule has 5 heteroatoms. The average Bonchev–Trinajstić information content (AvgIpc) is 2.15. The van der Waals surface area contributed by atoms with Crippen molar-refractivity contribution in [2.75, 3.05) is 19.7 Å². The molecular formula is C8H17NO4. The standard InChI is InChI=1S/C8H17NO4/c1-2-3-9-4-6(11)8(13)7(12)5-10/h2,6-13H,1,3-5H2/t6-,7+,8+/m0/s1. The zero-order valence-electron chi connectivity index (χ0n) is 7.43. The van der Waals surface area contributed by atoms with E-state index < -0.39 is 24.9 Å². The van der Waals surface area contributed by atoms with Crippen molar-refractivity contribution in [1.82, 2.24) is 5.32 Å². The van der Waals surface area contributed by atoms with E-state index in [0.29, 0.717) is 6.54 Å². The lowest BCUT2D eigenvalue weighted by atomic mass is 10.1. The van der Waals surface area contributed by atoms with Crippen molar-refractivity contribution in [2.24, 2.45) is 0 Å². The Labute approximate surface area is 77.3 Å². The summed E-state index contributed by atoms with van der Waals surface area (Å²) in [6.45, 7) is 3.54. The molecule has 0 amide bonds. The monoisotopic (exact) mass is 191 g/mol. The average molecular weight is 191 g/mol. The number of hydrogen-bond donors (Lipinski definition) is 5. The predicted octanol–water partition coefficient (Wildman–Crippen LogP) is -2.16. The molecule has 0 saturated carbocycles. The van der Waals surface area contributed by atoms with Crippen LogP contribution in [-0.2, 0) is 0 Å². The summed E-state index contributed by atoms with van der Waals surface area (Å²) in [5, 5.41) is 38.6. The molecule has 5 nitrogen and oxygen atoms in total. The van der Waals surface area contributed by atoms with Gasteiger partial charge in [-0.1, -0.05) is 6.08 Å². The zero-order chi connectivity index (χ0) is 10.3. The number of hydrogen-bond acceptors (Lipinski definition) is 5. The third-order valence-electron chi connectivity index (χ3n) is 1.62. The van der Waals surface area contributed by atoms with E-state index in [4.69, 9.17) is 15.3 Å². The van der Waals surface area contributed by atoms with Crippen LogP contribution in [0.5, 0.6) is 0 Å². The van der Waals surface area contributed by atoms with Crippen molar-refractivity contribution in [3.05, 3.63) is 12.7 Å². The van der Waals surface area contributed by atoms with E-state index in [1.807, 2.05) is 0 Å². The van der Waals surface area contributed by atoms with Crippen LogP contribution < -0.4 is 5.32 Å². The topological polar surface area (TPSA) is 93.0 Å².